The van der Waals surface area contributed by atoms with Gasteiger partial charge in [-0.2, -0.15) is 0 Å². The first-order valence-corrected chi connectivity index (χ1v) is 6.77. The summed E-state index contributed by atoms with van der Waals surface area (Å²) in [4.78, 5) is 14.4. The molecule has 1 amide bonds. The molecule has 2 aromatic rings. The summed E-state index contributed by atoms with van der Waals surface area (Å²) >= 11 is 0. The highest BCUT2D eigenvalue weighted by atomic mass is 16.5. The minimum Gasteiger partial charge on any atom is -0.355 e. The zero-order valence-electron chi connectivity index (χ0n) is 11.4. The van der Waals surface area contributed by atoms with E-state index < -0.39 is 0 Å². The van der Waals surface area contributed by atoms with Crippen molar-refractivity contribution >= 4 is 5.91 Å². The molecule has 5 heteroatoms. The van der Waals surface area contributed by atoms with Crippen molar-refractivity contribution in [3.8, 4) is 11.3 Å². The molecule has 5 nitrogen and oxygen atoms in total. The van der Waals surface area contributed by atoms with Crippen LogP contribution in [-0.2, 0) is 0 Å². The first kappa shape index (κ1) is 12.9. The summed E-state index contributed by atoms with van der Waals surface area (Å²) in [7, 11) is 0. The number of carbonyl (C=O) groups is 1. The molecule has 1 aliphatic rings. The first-order chi connectivity index (χ1) is 9.75. The van der Waals surface area contributed by atoms with Crippen molar-refractivity contribution in [2.45, 2.75) is 6.92 Å². The number of carbonyl (C=O) groups excluding carboxylic acids is 1. The Morgan fingerprint density at radius 1 is 1.25 bits per heavy atom. The van der Waals surface area contributed by atoms with Crippen LogP contribution in [0.3, 0.4) is 0 Å². The SMILES string of the molecule is Cc1ccc(-c2oncc2C(=O)N2CCNCC2)cc1. The molecular formula is C15H17N3O2. The number of hydrogen-bond acceptors (Lipinski definition) is 4. The third kappa shape index (κ3) is 2.44. The van der Waals surface area contributed by atoms with E-state index in [1.54, 1.807) is 0 Å². The Kier molecular flexibility index (Phi) is 3.52. The van der Waals surface area contributed by atoms with Crippen molar-refractivity contribution in [1.29, 1.82) is 0 Å². The molecule has 1 aromatic carbocycles. The number of nitrogens with zero attached hydrogens (tertiary/aromatic N) is 2. The predicted molar refractivity (Wildman–Crippen MR) is 75.4 cm³/mol. The number of hydrogen-bond donors (Lipinski definition) is 1. The van der Waals surface area contributed by atoms with Gasteiger partial charge in [0.1, 0.15) is 5.56 Å². The minimum absolute atomic E-state index is 0.0108. The fourth-order valence-corrected chi connectivity index (χ4v) is 2.34. The van der Waals surface area contributed by atoms with Crippen LogP contribution >= 0.6 is 0 Å². The number of aryl methyl sites for hydroxylation is 1. The molecule has 0 spiro atoms. The van der Waals surface area contributed by atoms with Gasteiger partial charge in [0.2, 0.25) is 0 Å². The van der Waals surface area contributed by atoms with Crippen molar-refractivity contribution in [1.82, 2.24) is 15.4 Å². The zero-order chi connectivity index (χ0) is 13.9. The van der Waals surface area contributed by atoms with Gasteiger partial charge in [-0.05, 0) is 6.92 Å². The maximum Gasteiger partial charge on any atom is 0.259 e. The van der Waals surface area contributed by atoms with Crippen LogP contribution in [0.25, 0.3) is 11.3 Å². The quantitative estimate of drug-likeness (QED) is 0.903. The summed E-state index contributed by atoms with van der Waals surface area (Å²) < 4.78 is 5.29. The van der Waals surface area contributed by atoms with Gasteiger partial charge >= 0.3 is 0 Å². The second-order valence-electron chi connectivity index (χ2n) is 4.98. The number of piperazine rings is 1. The minimum atomic E-state index is -0.0108. The predicted octanol–water partition coefficient (Wildman–Crippen LogP) is 1.70. The number of benzene rings is 1. The molecule has 0 saturated carbocycles. The number of rotatable bonds is 2. The lowest BCUT2D eigenvalue weighted by Gasteiger charge is -2.27. The summed E-state index contributed by atoms with van der Waals surface area (Å²) in [6.45, 7) is 5.12. The fourth-order valence-electron chi connectivity index (χ4n) is 2.34. The van der Waals surface area contributed by atoms with Gasteiger partial charge in [0.05, 0.1) is 6.20 Å². The van der Waals surface area contributed by atoms with Gasteiger partial charge in [0, 0.05) is 31.7 Å². The molecule has 1 saturated heterocycles. The van der Waals surface area contributed by atoms with E-state index in [0.29, 0.717) is 11.3 Å². The van der Waals surface area contributed by atoms with E-state index >= 15 is 0 Å². The smallest absolute Gasteiger partial charge is 0.259 e. The van der Waals surface area contributed by atoms with Crippen LogP contribution < -0.4 is 5.32 Å². The summed E-state index contributed by atoms with van der Waals surface area (Å²) in [6.07, 6.45) is 1.51. The molecule has 0 atom stereocenters. The molecule has 1 N–H and O–H groups in total. The molecule has 1 aliphatic heterocycles. The van der Waals surface area contributed by atoms with Gasteiger partial charge < -0.3 is 14.7 Å². The standard InChI is InChI=1S/C15H17N3O2/c1-11-2-4-12(5-3-11)14-13(10-17-20-14)15(19)18-8-6-16-7-9-18/h2-5,10,16H,6-9H2,1H3. The molecule has 20 heavy (non-hydrogen) atoms. The fraction of sp³-hybridized carbons (Fsp3) is 0.333. The van der Waals surface area contributed by atoms with Crippen molar-refractivity contribution in [3.63, 3.8) is 0 Å². The van der Waals surface area contributed by atoms with Crippen LogP contribution in [0.4, 0.5) is 0 Å². The van der Waals surface area contributed by atoms with Crippen molar-refractivity contribution in [2.75, 3.05) is 26.2 Å². The van der Waals surface area contributed by atoms with Crippen molar-refractivity contribution in [3.05, 3.63) is 41.6 Å². The van der Waals surface area contributed by atoms with E-state index in [4.69, 9.17) is 4.52 Å². The van der Waals surface area contributed by atoms with Crippen LogP contribution in [0.1, 0.15) is 15.9 Å². The Morgan fingerprint density at radius 2 is 1.95 bits per heavy atom. The van der Waals surface area contributed by atoms with E-state index in [1.807, 2.05) is 36.1 Å². The van der Waals surface area contributed by atoms with Gasteiger partial charge in [-0.1, -0.05) is 35.0 Å². The zero-order valence-corrected chi connectivity index (χ0v) is 11.4. The summed E-state index contributed by atoms with van der Waals surface area (Å²) in [5.74, 6) is 0.539. The monoisotopic (exact) mass is 271 g/mol. The summed E-state index contributed by atoms with van der Waals surface area (Å²) in [5, 5.41) is 7.03. The largest absolute Gasteiger partial charge is 0.355 e. The van der Waals surface area contributed by atoms with Gasteiger partial charge in [-0.15, -0.1) is 0 Å². The van der Waals surface area contributed by atoms with Gasteiger partial charge in [0.25, 0.3) is 5.91 Å². The number of aromatic nitrogens is 1. The molecular weight excluding hydrogens is 254 g/mol. The molecule has 2 heterocycles. The van der Waals surface area contributed by atoms with E-state index in [0.717, 1.165) is 31.7 Å². The highest BCUT2D eigenvalue weighted by Crippen LogP contribution is 2.25. The second kappa shape index (κ2) is 5.46. The number of amides is 1. The van der Waals surface area contributed by atoms with Gasteiger partial charge in [-0.25, -0.2) is 0 Å². The normalized spacial score (nSPS) is 15.3. The molecule has 0 unspecified atom stereocenters. The van der Waals surface area contributed by atoms with Gasteiger partial charge in [-0.3, -0.25) is 4.79 Å². The third-order valence-corrected chi connectivity index (χ3v) is 3.52. The topological polar surface area (TPSA) is 58.4 Å². The third-order valence-electron chi connectivity index (χ3n) is 3.52. The average molecular weight is 271 g/mol. The lowest BCUT2D eigenvalue weighted by Crippen LogP contribution is -2.46. The first-order valence-electron chi connectivity index (χ1n) is 6.77. The molecule has 0 aliphatic carbocycles. The van der Waals surface area contributed by atoms with Crippen molar-refractivity contribution in [2.24, 2.45) is 0 Å². The maximum atomic E-state index is 12.5. The Labute approximate surface area is 117 Å². The van der Waals surface area contributed by atoms with Gasteiger partial charge in [0.15, 0.2) is 5.76 Å². The summed E-state index contributed by atoms with van der Waals surface area (Å²) in [5.41, 5.74) is 2.59. The highest BCUT2D eigenvalue weighted by Gasteiger charge is 2.24. The lowest BCUT2D eigenvalue weighted by molar-refractivity contribution is 0.0736. The maximum absolute atomic E-state index is 12.5. The van der Waals surface area contributed by atoms with E-state index in [2.05, 4.69) is 10.5 Å². The molecule has 104 valence electrons. The molecule has 1 aromatic heterocycles. The molecule has 1 fully saturated rings. The Balaban J connectivity index is 1.89. The lowest BCUT2D eigenvalue weighted by atomic mass is 10.1. The Morgan fingerprint density at radius 3 is 2.65 bits per heavy atom. The Hall–Kier alpha value is -2.14. The van der Waals surface area contributed by atoms with Crippen LogP contribution in [0, 0.1) is 6.92 Å². The van der Waals surface area contributed by atoms with E-state index in [9.17, 15) is 4.79 Å². The van der Waals surface area contributed by atoms with E-state index in [-0.39, 0.29) is 5.91 Å². The van der Waals surface area contributed by atoms with E-state index in [1.165, 1.54) is 11.8 Å². The molecule has 3 rings (SSSR count). The van der Waals surface area contributed by atoms with Crippen LogP contribution in [-0.4, -0.2) is 42.1 Å². The Bertz CT molecular complexity index is 598. The molecule has 0 radical (unpaired) electrons. The second-order valence-corrected chi connectivity index (χ2v) is 4.98. The van der Waals surface area contributed by atoms with Crippen molar-refractivity contribution < 1.29 is 9.32 Å². The molecule has 0 bridgehead atoms. The van der Waals surface area contributed by atoms with Crippen LogP contribution in [0.15, 0.2) is 35.0 Å². The van der Waals surface area contributed by atoms with Crippen LogP contribution in [0.2, 0.25) is 0 Å². The average Bonchev–Trinajstić information content (AvgIpc) is 2.97. The highest BCUT2D eigenvalue weighted by molar-refractivity contribution is 5.99. The number of nitrogens with one attached hydrogen (secondary N) is 1. The van der Waals surface area contributed by atoms with Crippen LogP contribution in [0.5, 0.6) is 0 Å². The summed E-state index contributed by atoms with van der Waals surface area (Å²) in [6, 6.07) is 7.89.